The highest BCUT2D eigenvalue weighted by atomic mass is 16.3. The number of nitrogens with zero attached hydrogens (tertiary/aromatic N) is 2. The van der Waals surface area contributed by atoms with Crippen LogP contribution in [0, 0.1) is 0 Å². The number of oxazole rings is 1. The molecule has 14 heavy (non-hydrogen) atoms. The van der Waals surface area contributed by atoms with Gasteiger partial charge in [0.1, 0.15) is 11.5 Å². The molecule has 3 nitrogen and oxygen atoms in total. The fraction of sp³-hybridized carbons (Fsp3) is 0.545. The lowest BCUT2D eigenvalue weighted by Gasteiger charge is -2.19. The minimum atomic E-state index is 0.560. The van der Waals surface area contributed by atoms with E-state index in [0.717, 1.165) is 24.4 Å². The minimum Gasteiger partial charge on any atom is -0.448 e. The van der Waals surface area contributed by atoms with Crippen molar-refractivity contribution in [2.24, 2.45) is 0 Å². The Bertz CT molecular complexity index is 291. The lowest BCUT2D eigenvalue weighted by molar-refractivity contribution is 0.270. The Hall–Kier alpha value is -1.09. The number of rotatable bonds is 5. The SMILES string of the molecule is C=Cc1ncoc1CCN(C)C(C)C. The third-order valence-corrected chi connectivity index (χ3v) is 2.44. The highest BCUT2D eigenvalue weighted by molar-refractivity contribution is 5.43. The molecule has 3 heteroatoms. The molecule has 0 aliphatic carbocycles. The van der Waals surface area contributed by atoms with Crippen LogP contribution >= 0.6 is 0 Å². The molecule has 78 valence electrons. The molecule has 0 saturated heterocycles. The molecular formula is C11H18N2O. The van der Waals surface area contributed by atoms with Gasteiger partial charge in [-0.15, -0.1) is 0 Å². The van der Waals surface area contributed by atoms with E-state index >= 15 is 0 Å². The summed E-state index contributed by atoms with van der Waals surface area (Å²) in [5.41, 5.74) is 0.863. The van der Waals surface area contributed by atoms with Crippen LogP contribution in [0.4, 0.5) is 0 Å². The van der Waals surface area contributed by atoms with Crippen LogP contribution < -0.4 is 0 Å². The minimum absolute atomic E-state index is 0.560. The van der Waals surface area contributed by atoms with Crippen molar-refractivity contribution in [2.45, 2.75) is 26.3 Å². The predicted octanol–water partition coefficient (Wildman–Crippen LogP) is 2.20. The topological polar surface area (TPSA) is 29.3 Å². The Labute approximate surface area is 85.4 Å². The zero-order valence-corrected chi connectivity index (χ0v) is 9.16. The summed E-state index contributed by atoms with van der Waals surface area (Å²) in [6.07, 6.45) is 4.09. The standard InChI is InChI=1S/C11H18N2O/c1-5-10-11(14-8-12-10)6-7-13(4)9(2)3/h5,8-9H,1,6-7H2,2-4H3. The molecule has 0 atom stereocenters. The summed E-state index contributed by atoms with van der Waals surface area (Å²) in [4.78, 5) is 6.33. The fourth-order valence-electron chi connectivity index (χ4n) is 1.17. The van der Waals surface area contributed by atoms with Crippen LogP contribution in [-0.2, 0) is 6.42 Å². The van der Waals surface area contributed by atoms with E-state index in [1.807, 2.05) is 0 Å². The van der Waals surface area contributed by atoms with Crippen LogP contribution in [0.25, 0.3) is 6.08 Å². The Kier molecular flexibility index (Phi) is 3.89. The fourth-order valence-corrected chi connectivity index (χ4v) is 1.17. The van der Waals surface area contributed by atoms with E-state index in [2.05, 4.69) is 37.4 Å². The van der Waals surface area contributed by atoms with Gasteiger partial charge >= 0.3 is 0 Å². The van der Waals surface area contributed by atoms with Crippen LogP contribution in [0.15, 0.2) is 17.4 Å². The van der Waals surface area contributed by atoms with Crippen molar-refractivity contribution < 1.29 is 4.42 Å². The van der Waals surface area contributed by atoms with E-state index in [1.54, 1.807) is 6.08 Å². The number of hydrogen-bond acceptors (Lipinski definition) is 3. The molecule has 0 fully saturated rings. The van der Waals surface area contributed by atoms with Crippen molar-refractivity contribution in [3.63, 3.8) is 0 Å². The van der Waals surface area contributed by atoms with Crippen molar-refractivity contribution in [2.75, 3.05) is 13.6 Å². The maximum atomic E-state index is 5.28. The van der Waals surface area contributed by atoms with Gasteiger partial charge in [-0.3, -0.25) is 0 Å². The van der Waals surface area contributed by atoms with Crippen LogP contribution in [0.5, 0.6) is 0 Å². The molecule has 0 aromatic carbocycles. The second-order valence-electron chi connectivity index (χ2n) is 3.69. The van der Waals surface area contributed by atoms with E-state index in [9.17, 15) is 0 Å². The normalized spacial score (nSPS) is 11.2. The van der Waals surface area contributed by atoms with Crippen molar-refractivity contribution in [3.8, 4) is 0 Å². The first-order valence-electron chi connectivity index (χ1n) is 4.90. The smallest absolute Gasteiger partial charge is 0.181 e. The Morgan fingerprint density at radius 3 is 2.93 bits per heavy atom. The van der Waals surface area contributed by atoms with Crippen LogP contribution in [-0.4, -0.2) is 29.5 Å². The van der Waals surface area contributed by atoms with E-state index in [1.165, 1.54) is 6.39 Å². The average Bonchev–Trinajstić information content (AvgIpc) is 2.60. The highest BCUT2D eigenvalue weighted by Crippen LogP contribution is 2.09. The molecule has 0 bridgehead atoms. The lowest BCUT2D eigenvalue weighted by atomic mass is 10.2. The number of likely N-dealkylation sites (N-methyl/N-ethyl adjacent to an activating group) is 1. The molecule has 1 aromatic heterocycles. The number of aromatic nitrogens is 1. The van der Waals surface area contributed by atoms with Gasteiger partial charge in [0.15, 0.2) is 6.39 Å². The summed E-state index contributed by atoms with van der Waals surface area (Å²) < 4.78 is 5.28. The Balaban J connectivity index is 2.49. The molecule has 0 spiro atoms. The average molecular weight is 194 g/mol. The summed E-state index contributed by atoms with van der Waals surface area (Å²) in [5, 5.41) is 0. The van der Waals surface area contributed by atoms with Crippen molar-refractivity contribution >= 4 is 6.08 Å². The zero-order valence-electron chi connectivity index (χ0n) is 9.16. The molecule has 0 N–H and O–H groups in total. The second kappa shape index (κ2) is 4.96. The Morgan fingerprint density at radius 1 is 1.64 bits per heavy atom. The van der Waals surface area contributed by atoms with Crippen molar-refractivity contribution in [1.82, 2.24) is 9.88 Å². The van der Waals surface area contributed by atoms with Gasteiger partial charge in [-0.05, 0) is 27.0 Å². The van der Waals surface area contributed by atoms with E-state index in [-0.39, 0.29) is 0 Å². The molecule has 0 aliphatic rings. The van der Waals surface area contributed by atoms with Gasteiger partial charge < -0.3 is 9.32 Å². The van der Waals surface area contributed by atoms with Gasteiger partial charge in [-0.1, -0.05) is 6.58 Å². The summed E-state index contributed by atoms with van der Waals surface area (Å²) in [7, 11) is 2.11. The third-order valence-electron chi connectivity index (χ3n) is 2.44. The quantitative estimate of drug-likeness (QED) is 0.719. The number of hydrogen-bond donors (Lipinski definition) is 0. The van der Waals surface area contributed by atoms with Crippen LogP contribution in [0.2, 0.25) is 0 Å². The summed E-state index contributed by atoms with van der Waals surface area (Å²) >= 11 is 0. The van der Waals surface area contributed by atoms with Crippen molar-refractivity contribution in [3.05, 3.63) is 24.4 Å². The van der Waals surface area contributed by atoms with Gasteiger partial charge in [0.2, 0.25) is 0 Å². The molecule has 0 radical (unpaired) electrons. The Morgan fingerprint density at radius 2 is 2.36 bits per heavy atom. The summed E-state index contributed by atoms with van der Waals surface area (Å²) in [6.45, 7) is 9.02. The maximum Gasteiger partial charge on any atom is 0.181 e. The monoisotopic (exact) mass is 194 g/mol. The van der Waals surface area contributed by atoms with Gasteiger partial charge in [-0.2, -0.15) is 0 Å². The first-order valence-corrected chi connectivity index (χ1v) is 4.90. The molecule has 1 aromatic rings. The lowest BCUT2D eigenvalue weighted by Crippen LogP contribution is -2.28. The van der Waals surface area contributed by atoms with Gasteiger partial charge in [0, 0.05) is 19.0 Å². The highest BCUT2D eigenvalue weighted by Gasteiger charge is 2.08. The molecule has 0 saturated carbocycles. The molecule has 1 heterocycles. The summed E-state index contributed by atoms with van der Waals surface area (Å²) in [6, 6.07) is 0.560. The van der Waals surface area contributed by atoms with Crippen LogP contribution in [0.1, 0.15) is 25.3 Å². The van der Waals surface area contributed by atoms with E-state index < -0.39 is 0 Å². The second-order valence-corrected chi connectivity index (χ2v) is 3.69. The molecule has 1 rings (SSSR count). The predicted molar refractivity (Wildman–Crippen MR) is 58.1 cm³/mol. The summed E-state index contributed by atoms with van der Waals surface area (Å²) in [5.74, 6) is 0.924. The van der Waals surface area contributed by atoms with Gasteiger partial charge in [0.05, 0.1) is 0 Å². The van der Waals surface area contributed by atoms with Crippen LogP contribution in [0.3, 0.4) is 0 Å². The maximum absolute atomic E-state index is 5.28. The van der Waals surface area contributed by atoms with E-state index in [4.69, 9.17) is 4.42 Å². The molecular weight excluding hydrogens is 176 g/mol. The zero-order chi connectivity index (χ0) is 10.6. The van der Waals surface area contributed by atoms with E-state index in [0.29, 0.717) is 6.04 Å². The molecule has 0 aliphatic heterocycles. The largest absolute Gasteiger partial charge is 0.448 e. The first kappa shape index (κ1) is 11.0. The molecule has 0 unspecified atom stereocenters. The first-order chi connectivity index (χ1) is 6.65. The van der Waals surface area contributed by atoms with Gasteiger partial charge in [-0.25, -0.2) is 4.98 Å². The van der Waals surface area contributed by atoms with Gasteiger partial charge in [0.25, 0.3) is 0 Å². The third kappa shape index (κ3) is 2.70. The molecule has 0 amide bonds. The van der Waals surface area contributed by atoms with Crippen molar-refractivity contribution in [1.29, 1.82) is 0 Å².